The van der Waals surface area contributed by atoms with Gasteiger partial charge in [0.05, 0.1) is 25.7 Å². The van der Waals surface area contributed by atoms with E-state index in [0.717, 1.165) is 6.07 Å². The topological polar surface area (TPSA) is 131 Å². The van der Waals surface area contributed by atoms with E-state index in [0.29, 0.717) is 4.57 Å². The van der Waals surface area contributed by atoms with E-state index in [2.05, 4.69) is 61.5 Å². The van der Waals surface area contributed by atoms with Crippen LogP contribution in [0.25, 0.3) is 0 Å². The van der Waals surface area contributed by atoms with Crippen LogP contribution in [-0.2, 0) is 22.4 Å². The minimum atomic E-state index is -3.07. The van der Waals surface area contributed by atoms with Gasteiger partial charge in [0.25, 0.3) is 11.5 Å². The van der Waals surface area contributed by atoms with Gasteiger partial charge < -0.3 is 22.4 Å². The third-order valence-corrected chi connectivity index (χ3v) is 18.9. The molecule has 0 bridgehead atoms. The molecule has 0 spiro atoms. The fraction of sp³-hybridized carbons (Fsp3) is 0.613. The van der Waals surface area contributed by atoms with E-state index >= 15 is 0 Å². The van der Waals surface area contributed by atoms with Gasteiger partial charge in [-0.15, -0.1) is 0 Å². The Bertz CT molecular complexity index is 1450. The Morgan fingerprint density at radius 3 is 2.16 bits per heavy atom. The third-order valence-electron chi connectivity index (χ3n) is 8.65. The summed E-state index contributed by atoms with van der Waals surface area (Å²) in [6, 6.07) is 11.4. The largest absolute Gasteiger partial charge is 0.414 e. The molecule has 3 heterocycles. The highest BCUT2D eigenvalue weighted by Gasteiger charge is 2.62. The highest BCUT2D eigenvalue weighted by Crippen LogP contribution is 2.48. The molecule has 11 nitrogen and oxygen atoms in total. The van der Waals surface area contributed by atoms with Gasteiger partial charge in [-0.3, -0.25) is 14.2 Å². The molecule has 0 N–H and O–H groups in total. The maximum absolute atomic E-state index is 13.9. The van der Waals surface area contributed by atoms with Gasteiger partial charge in [-0.25, -0.2) is 4.79 Å². The second-order valence-corrected chi connectivity index (χ2v) is 21.6. The minimum absolute atomic E-state index is 0.0427. The van der Waals surface area contributed by atoms with Crippen LogP contribution in [0.5, 0.6) is 0 Å². The predicted octanol–water partition coefficient (Wildman–Crippen LogP) is 4.85. The number of hydrogen-bond donors (Lipinski definition) is 0. The fourth-order valence-corrected chi connectivity index (χ4v) is 17.6. The molecule has 4 atom stereocenters. The zero-order chi connectivity index (χ0) is 32.4. The molecule has 0 saturated carbocycles. The van der Waals surface area contributed by atoms with Crippen molar-refractivity contribution in [3.8, 4) is 6.07 Å². The number of nitriles is 1. The Kier molecular flexibility index (Phi) is 10.7. The first kappa shape index (κ1) is 34.2. The second-order valence-electron chi connectivity index (χ2n) is 12.7. The van der Waals surface area contributed by atoms with Crippen LogP contribution in [0.3, 0.4) is 0 Å². The van der Waals surface area contributed by atoms with Crippen molar-refractivity contribution in [2.24, 2.45) is 0 Å². The molecule has 44 heavy (non-hydrogen) atoms. The number of carbonyl (C=O) groups is 1. The average molecular weight is 644 g/mol. The van der Waals surface area contributed by atoms with E-state index < -0.39 is 58.8 Å². The molecule has 240 valence electrons. The number of aromatic nitrogens is 2. The van der Waals surface area contributed by atoms with Crippen LogP contribution < -0.4 is 11.2 Å². The Morgan fingerprint density at radius 1 is 0.977 bits per heavy atom. The summed E-state index contributed by atoms with van der Waals surface area (Å²) in [4.78, 5) is 40.0. The first-order chi connectivity index (χ1) is 20.8. The maximum Gasteiger partial charge on any atom is 0.340 e. The van der Waals surface area contributed by atoms with Gasteiger partial charge in [-0.2, -0.15) is 9.83 Å². The highest BCUT2D eigenvalue weighted by atomic mass is 28.5. The summed E-state index contributed by atoms with van der Waals surface area (Å²) in [5.41, 5.74) is -1.08. The molecule has 2 aromatic rings. The van der Waals surface area contributed by atoms with Crippen LogP contribution in [0.2, 0.25) is 22.2 Å². The predicted molar refractivity (Wildman–Crippen MR) is 169 cm³/mol. The lowest BCUT2D eigenvalue weighted by Gasteiger charge is -2.51. The monoisotopic (exact) mass is 643 g/mol. The average Bonchev–Trinajstić information content (AvgIpc) is 3.28. The van der Waals surface area contributed by atoms with Gasteiger partial charge in [0.1, 0.15) is 18.3 Å². The number of benzene rings is 1. The number of nitrogens with zero attached hydrogens (tertiary/aromatic N) is 3. The summed E-state index contributed by atoms with van der Waals surface area (Å²) in [5.74, 6) is -0.746. The van der Waals surface area contributed by atoms with Gasteiger partial charge in [-0.05, 0) is 34.3 Å². The van der Waals surface area contributed by atoms with Crippen LogP contribution in [-0.4, -0.2) is 63.7 Å². The van der Waals surface area contributed by atoms with E-state index in [-0.39, 0.29) is 47.4 Å². The van der Waals surface area contributed by atoms with Crippen molar-refractivity contribution >= 4 is 23.0 Å². The van der Waals surface area contributed by atoms with Crippen LogP contribution in [0.15, 0.2) is 52.2 Å². The van der Waals surface area contributed by atoms with Crippen molar-refractivity contribution in [3.05, 3.63) is 69.0 Å². The van der Waals surface area contributed by atoms with Crippen LogP contribution >= 0.6 is 0 Å². The molecular weight excluding hydrogens is 599 g/mol. The van der Waals surface area contributed by atoms with Gasteiger partial charge >= 0.3 is 22.8 Å². The zero-order valence-corrected chi connectivity index (χ0v) is 28.9. The van der Waals surface area contributed by atoms with Gasteiger partial charge in [0.15, 0.2) is 6.23 Å². The lowest BCUT2D eigenvalue weighted by molar-refractivity contribution is -0.0725. The van der Waals surface area contributed by atoms with Crippen LogP contribution in [0.1, 0.15) is 78.4 Å². The Balaban J connectivity index is 1.85. The Labute approximate surface area is 261 Å². The van der Waals surface area contributed by atoms with Crippen molar-refractivity contribution in [2.75, 3.05) is 13.2 Å². The van der Waals surface area contributed by atoms with Crippen molar-refractivity contribution in [2.45, 2.75) is 109 Å². The highest BCUT2D eigenvalue weighted by molar-refractivity contribution is 6.84. The summed E-state index contributed by atoms with van der Waals surface area (Å²) < 4.78 is 35.9. The lowest BCUT2D eigenvalue weighted by atomic mass is 10.1. The number of fused-ring (bicyclic) bond motifs is 1. The normalized spacial score (nSPS) is 24.7. The molecule has 1 unspecified atom stereocenters. The maximum atomic E-state index is 13.9. The van der Waals surface area contributed by atoms with Crippen molar-refractivity contribution < 1.29 is 27.2 Å². The smallest absolute Gasteiger partial charge is 0.340 e. The van der Waals surface area contributed by atoms with E-state index in [4.69, 9.17) is 22.4 Å². The molecule has 2 aliphatic rings. The molecule has 0 aliphatic carbocycles. The van der Waals surface area contributed by atoms with Gasteiger partial charge in [-0.1, -0.05) is 73.6 Å². The van der Waals surface area contributed by atoms with E-state index in [9.17, 15) is 19.6 Å². The quantitative estimate of drug-likeness (QED) is 0.278. The second kappa shape index (κ2) is 13.7. The molecular formula is C31H45N3O8Si2. The molecule has 1 aromatic heterocycles. The van der Waals surface area contributed by atoms with E-state index in [1.54, 1.807) is 30.3 Å². The number of hydrogen-bond acceptors (Lipinski definition) is 9. The third kappa shape index (κ3) is 6.21. The molecule has 4 rings (SSSR count). The van der Waals surface area contributed by atoms with Crippen LogP contribution in [0.4, 0.5) is 0 Å². The van der Waals surface area contributed by atoms with Crippen molar-refractivity contribution in [1.82, 2.24) is 9.13 Å². The van der Waals surface area contributed by atoms with Crippen molar-refractivity contribution in [3.63, 3.8) is 0 Å². The van der Waals surface area contributed by atoms with E-state index in [1.807, 2.05) is 0 Å². The molecule has 2 fully saturated rings. The standard InChI is InChI=1S/C31H45N3O8Si2/c1-20(2)43(21(3)4)39-19-25-27(41-44(42-43,22(5)6)23(7)8)28(38-18-12-16-32)30(40-25)33-17-15-26(35)34(31(33)37)29(36)24-13-10-9-11-14-24/h9-11,13-15,17,20-23,25,27-28,30H,12,18-19H2,1-8H3/t25-,27?,28-,30+/m0/s1. The molecule has 2 aliphatic heterocycles. The van der Waals surface area contributed by atoms with Crippen molar-refractivity contribution in [1.29, 1.82) is 5.26 Å². The van der Waals surface area contributed by atoms with Gasteiger partial charge in [0.2, 0.25) is 0 Å². The molecule has 2 saturated heterocycles. The fourth-order valence-electron chi connectivity index (χ4n) is 6.35. The lowest BCUT2D eigenvalue weighted by Crippen LogP contribution is -2.66. The summed E-state index contributed by atoms with van der Waals surface area (Å²) >= 11 is 0. The zero-order valence-electron chi connectivity index (χ0n) is 26.9. The first-order valence-electron chi connectivity index (χ1n) is 15.4. The molecule has 0 radical (unpaired) electrons. The summed E-state index contributed by atoms with van der Waals surface area (Å²) in [6.07, 6.45) is -1.82. The van der Waals surface area contributed by atoms with Crippen LogP contribution in [0, 0.1) is 11.3 Å². The first-order valence-corrected chi connectivity index (χ1v) is 19.3. The summed E-state index contributed by atoms with van der Waals surface area (Å²) in [5, 5.41) is 9.26. The number of carbonyl (C=O) groups excluding carboxylic acids is 1. The Morgan fingerprint density at radius 2 is 1.59 bits per heavy atom. The van der Waals surface area contributed by atoms with E-state index in [1.165, 1.54) is 10.8 Å². The number of rotatable bonds is 9. The number of ether oxygens (including phenoxy) is 2. The minimum Gasteiger partial charge on any atom is -0.414 e. The SMILES string of the molecule is CC(C)[Si]1(C(C)C)OC[C@@H]2O[C@@H](n3ccc(=O)n(C(=O)c4ccccc4)c3=O)[C@@H](OCCC#N)C2O[Si](C(C)C)(C(C)C)O1. The summed E-state index contributed by atoms with van der Waals surface area (Å²) in [6.45, 7) is 17.2. The molecule has 13 heteroatoms. The summed E-state index contributed by atoms with van der Waals surface area (Å²) in [7, 11) is -5.93. The Hall–Kier alpha value is -2.71. The molecule has 1 aromatic carbocycles. The van der Waals surface area contributed by atoms with Gasteiger partial charge in [0, 0.05) is 17.8 Å². The molecule has 0 amide bonds.